The number of hydrogen-bond acceptors (Lipinski definition) is 4. The normalized spacial score (nSPS) is 14.2. The molecule has 0 aromatic carbocycles. The number of carbonyl (C=O) groups excluding carboxylic acids is 2. The lowest BCUT2D eigenvalue weighted by molar-refractivity contribution is 0.0606. The number of rotatable bonds is 2. The topological polar surface area (TPSA) is 48.3 Å². The zero-order valence-electron chi connectivity index (χ0n) is 11.4. The molecule has 1 aliphatic rings. The Balaban J connectivity index is 2.19. The lowest BCUT2D eigenvalue weighted by Crippen LogP contribution is -2.14. The molecule has 20 heavy (non-hydrogen) atoms. The van der Waals surface area contributed by atoms with Gasteiger partial charge in [-0.25, -0.2) is 4.79 Å². The van der Waals surface area contributed by atoms with E-state index in [-0.39, 0.29) is 11.8 Å². The highest BCUT2D eigenvalue weighted by Crippen LogP contribution is 2.31. The molecule has 0 atom stereocenters. The van der Waals surface area contributed by atoms with E-state index >= 15 is 0 Å². The van der Waals surface area contributed by atoms with Crippen LogP contribution in [0, 0.1) is 6.92 Å². The van der Waals surface area contributed by atoms with Crippen LogP contribution in [0.2, 0.25) is 0 Å². The van der Waals surface area contributed by atoms with Crippen molar-refractivity contribution in [2.24, 2.45) is 0 Å². The van der Waals surface area contributed by atoms with E-state index in [2.05, 4.69) is 0 Å². The standard InChI is InChI=1S/C15H15NO3S/c1-9-8-10-11(4-3-5-13(10)17)16(9)12-6-7-20-14(12)15(18)19-2/h6-8H,3-5H2,1-2H3. The molecular formula is C15H15NO3S. The average molecular weight is 289 g/mol. The molecule has 0 unspecified atom stereocenters. The first-order chi connectivity index (χ1) is 9.63. The van der Waals surface area contributed by atoms with Gasteiger partial charge >= 0.3 is 5.97 Å². The third kappa shape index (κ3) is 1.89. The van der Waals surface area contributed by atoms with Gasteiger partial charge in [0.05, 0.1) is 12.8 Å². The molecule has 2 heterocycles. The maximum Gasteiger partial charge on any atom is 0.350 e. The number of hydrogen-bond donors (Lipinski definition) is 0. The lowest BCUT2D eigenvalue weighted by atomic mass is 9.96. The molecule has 0 saturated heterocycles. The fraction of sp³-hybridized carbons (Fsp3) is 0.333. The van der Waals surface area contributed by atoms with Crippen LogP contribution in [-0.4, -0.2) is 23.4 Å². The van der Waals surface area contributed by atoms with Gasteiger partial charge in [-0.1, -0.05) is 0 Å². The first kappa shape index (κ1) is 13.1. The third-order valence-electron chi connectivity index (χ3n) is 3.66. The fourth-order valence-electron chi connectivity index (χ4n) is 2.79. The van der Waals surface area contributed by atoms with E-state index in [0.717, 1.165) is 35.5 Å². The number of Topliss-reactive ketones (excluding diaryl/α,β-unsaturated/α-hetero) is 1. The Bertz CT molecular complexity index is 696. The van der Waals surface area contributed by atoms with Crippen molar-refractivity contribution in [2.45, 2.75) is 26.2 Å². The molecule has 0 radical (unpaired) electrons. The van der Waals surface area contributed by atoms with Crippen LogP contribution in [0.15, 0.2) is 17.5 Å². The summed E-state index contributed by atoms with van der Waals surface area (Å²) in [7, 11) is 1.38. The second-order valence-electron chi connectivity index (χ2n) is 4.88. The second kappa shape index (κ2) is 4.90. The van der Waals surface area contributed by atoms with E-state index in [1.54, 1.807) is 0 Å². The highest BCUT2D eigenvalue weighted by molar-refractivity contribution is 7.12. The van der Waals surface area contributed by atoms with Gasteiger partial charge in [0, 0.05) is 23.4 Å². The molecule has 0 aliphatic heterocycles. The Labute approximate surface area is 121 Å². The van der Waals surface area contributed by atoms with Crippen molar-refractivity contribution >= 4 is 23.1 Å². The van der Waals surface area contributed by atoms with E-state index in [9.17, 15) is 9.59 Å². The Kier molecular flexibility index (Phi) is 3.22. The zero-order valence-corrected chi connectivity index (χ0v) is 12.3. The smallest absolute Gasteiger partial charge is 0.350 e. The predicted molar refractivity (Wildman–Crippen MR) is 77.0 cm³/mol. The lowest BCUT2D eigenvalue weighted by Gasteiger charge is -2.16. The number of methoxy groups -OCH3 is 1. The van der Waals surface area contributed by atoms with Gasteiger partial charge in [0.2, 0.25) is 0 Å². The number of aryl methyl sites for hydroxylation is 1. The van der Waals surface area contributed by atoms with Crippen molar-refractivity contribution in [2.75, 3.05) is 7.11 Å². The number of ketones is 1. The summed E-state index contributed by atoms with van der Waals surface area (Å²) in [5.41, 5.74) is 3.61. The predicted octanol–water partition coefficient (Wildman–Crippen LogP) is 3.15. The van der Waals surface area contributed by atoms with Gasteiger partial charge in [-0.15, -0.1) is 11.3 Å². The van der Waals surface area contributed by atoms with Gasteiger partial charge in [0.1, 0.15) is 4.88 Å². The zero-order chi connectivity index (χ0) is 14.3. The summed E-state index contributed by atoms with van der Waals surface area (Å²) < 4.78 is 6.85. The van der Waals surface area contributed by atoms with Crippen molar-refractivity contribution in [3.8, 4) is 5.69 Å². The summed E-state index contributed by atoms with van der Waals surface area (Å²) in [6.07, 6.45) is 2.35. The minimum absolute atomic E-state index is 0.197. The van der Waals surface area contributed by atoms with Crippen LogP contribution < -0.4 is 0 Å². The molecule has 104 valence electrons. The van der Waals surface area contributed by atoms with Gasteiger partial charge in [0.15, 0.2) is 5.78 Å². The SMILES string of the molecule is COC(=O)c1sccc1-n1c(C)cc2c1CCCC2=O. The molecular weight excluding hydrogens is 274 g/mol. The Morgan fingerprint density at radius 1 is 1.40 bits per heavy atom. The van der Waals surface area contributed by atoms with E-state index in [1.165, 1.54) is 18.4 Å². The number of thiophene rings is 1. The minimum atomic E-state index is -0.334. The van der Waals surface area contributed by atoms with Crippen LogP contribution in [0.3, 0.4) is 0 Å². The summed E-state index contributed by atoms with van der Waals surface area (Å²) >= 11 is 1.36. The molecule has 0 N–H and O–H groups in total. The van der Waals surface area contributed by atoms with Crippen LogP contribution in [0.5, 0.6) is 0 Å². The molecule has 0 saturated carbocycles. The number of aromatic nitrogens is 1. The molecule has 5 heteroatoms. The quantitative estimate of drug-likeness (QED) is 0.798. The van der Waals surface area contributed by atoms with Crippen LogP contribution in [0.1, 0.15) is 44.3 Å². The highest BCUT2D eigenvalue weighted by atomic mass is 32.1. The Morgan fingerprint density at radius 2 is 2.20 bits per heavy atom. The van der Waals surface area contributed by atoms with Crippen molar-refractivity contribution in [3.05, 3.63) is 39.3 Å². The number of ether oxygens (including phenoxy) is 1. The summed E-state index contributed by atoms with van der Waals surface area (Å²) in [5.74, 6) is -0.137. The maximum absolute atomic E-state index is 12.0. The van der Waals surface area contributed by atoms with Gasteiger partial charge < -0.3 is 9.30 Å². The number of nitrogens with zero attached hydrogens (tertiary/aromatic N) is 1. The largest absolute Gasteiger partial charge is 0.465 e. The molecule has 0 fully saturated rings. The molecule has 0 amide bonds. The van der Waals surface area contributed by atoms with Gasteiger partial charge in [0.25, 0.3) is 0 Å². The first-order valence-electron chi connectivity index (χ1n) is 6.54. The minimum Gasteiger partial charge on any atom is -0.465 e. The van der Waals surface area contributed by atoms with E-state index in [1.807, 2.05) is 29.0 Å². The van der Waals surface area contributed by atoms with Crippen LogP contribution in [0.25, 0.3) is 5.69 Å². The van der Waals surface area contributed by atoms with Crippen molar-refractivity contribution in [1.29, 1.82) is 0 Å². The molecule has 0 bridgehead atoms. The third-order valence-corrected chi connectivity index (χ3v) is 4.54. The summed E-state index contributed by atoms with van der Waals surface area (Å²) in [5, 5.41) is 1.87. The fourth-order valence-corrected chi connectivity index (χ4v) is 3.58. The molecule has 3 rings (SSSR count). The summed E-state index contributed by atoms with van der Waals surface area (Å²) in [6.45, 7) is 1.96. The molecule has 2 aromatic heterocycles. The van der Waals surface area contributed by atoms with Gasteiger partial charge in [-0.2, -0.15) is 0 Å². The number of esters is 1. The highest BCUT2D eigenvalue weighted by Gasteiger charge is 2.25. The number of carbonyl (C=O) groups is 2. The van der Waals surface area contributed by atoms with Crippen LogP contribution in [0.4, 0.5) is 0 Å². The van der Waals surface area contributed by atoms with Gasteiger partial charge in [-0.05, 0) is 37.3 Å². The summed E-state index contributed by atoms with van der Waals surface area (Å²) in [4.78, 5) is 24.4. The van der Waals surface area contributed by atoms with E-state index in [0.29, 0.717) is 11.3 Å². The van der Waals surface area contributed by atoms with E-state index in [4.69, 9.17) is 4.74 Å². The Hall–Kier alpha value is -1.88. The van der Waals surface area contributed by atoms with E-state index < -0.39 is 0 Å². The van der Waals surface area contributed by atoms with Gasteiger partial charge in [-0.3, -0.25) is 4.79 Å². The molecule has 2 aromatic rings. The second-order valence-corrected chi connectivity index (χ2v) is 5.80. The van der Waals surface area contributed by atoms with Crippen LogP contribution in [-0.2, 0) is 11.2 Å². The van der Waals surface area contributed by atoms with Crippen molar-refractivity contribution in [1.82, 2.24) is 4.57 Å². The first-order valence-corrected chi connectivity index (χ1v) is 7.42. The van der Waals surface area contributed by atoms with Crippen molar-refractivity contribution in [3.63, 3.8) is 0 Å². The van der Waals surface area contributed by atoms with Crippen molar-refractivity contribution < 1.29 is 14.3 Å². The van der Waals surface area contributed by atoms with Crippen LogP contribution >= 0.6 is 11.3 Å². The maximum atomic E-state index is 12.0. The molecule has 1 aliphatic carbocycles. The Morgan fingerprint density at radius 3 is 2.95 bits per heavy atom. The summed E-state index contributed by atoms with van der Waals surface area (Å²) in [6, 6.07) is 3.83. The molecule has 0 spiro atoms. The monoisotopic (exact) mass is 289 g/mol. The average Bonchev–Trinajstić information content (AvgIpc) is 3.02. The molecule has 4 nitrogen and oxygen atoms in total. The number of fused-ring (bicyclic) bond motifs is 1.